The van der Waals surface area contributed by atoms with Gasteiger partial charge in [0.05, 0.1) is 13.7 Å². The van der Waals surface area contributed by atoms with Crippen molar-refractivity contribution in [2.75, 3.05) is 39.2 Å². The number of amides is 3. The quantitative estimate of drug-likeness (QED) is 0.727. The number of carbonyl (C=O) groups is 2. The molecule has 0 radical (unpaired) electrons. The van der Waals surface area contributed by atoms with E-state index in [-0.39, 0.29) is 11.9 Å². The maximum absolute atomic E-state index is 12.6. The summed E-state index contributed by atoms with van der Waals surface area (Å²) in [4.78, 5) is 33.9. The van der Waals surface area contributed by atoms with E-state index in [1.54, 1.807) is 14.2 Å². The van der Waals surface area contributed by atoms with Gasteiger partial charge in [0.25, 0.3) is 5.91 Å². The molecule has 0 spiro atoms. The van der Waals surface area contributed by atoms with Crippen LogP contribution < -0.4 is 9.64 Å². The van der Waals surface area contributed by atoms with Crippen molar-refractivity contribution in [2.45, 2.75) is 6.04 Å². The first kappa shape index (κ1) is 14.7. The Labute approximate surface area is 139 Å². The summed E-state index contributed by atoms with van der Waals surface area (Å²) in [5, 5.41) is 0. The Bertz CT molecular complexity index is 816. The number of ether oxygens (including phenoxy) is 1. The maximum Gasteiger partial charge on any atom is 0.397 e. The number of anilines is 1. The number of aliphatic imine (C=N–C) groups is 1. The summed E-state index contributed by atoms with van der Waals surface area (Å²) < 4.78 is 7.24. The number of guanidine groups is 1. The number of urea groups is 1. The lowest BCUT2D eigenvalue weighted by Crippen LogP contribution is -2.61. The molecule has 0 aliphatic carbocycles. The Hall–Kier alpha value is -2.90. The molecule has 24 heavy (non-hydrogen) atoms. The second-order valence-electron chi connectivity index (χ2n) is 5.96. The largest absolute Gasteiger partial charge is 0.497 e. The van der Waals surface area contributed by atoms with Gasteiger partial charge in [0.15, 0.2) is 0 Å². The zero-order valence-corrected chi connectivity index (χ0v) is 13.8. The first-order valence-electron chi connectivity index (χ1n) is 7.72. The first-order chi connectivity index (χ1) is 11.5. The first-order valence-corrected chi connectivity index (χ1v) is 7.72. The molecule has 1 aromatic carbocycles. The summed E-state index contributed by atoms with van der Waals surface area (Å²) in [5.74, 6) is 1.72. The number of imide groups is 1. The van der Waals surface area contributed by atoms with Crippen LogP contribution in [0.4, 0.5) is 10.5 Å². The molecule has 124 valence electrons. The summed E-state index contributed by atoms with van der Waals surface area (Å²) >= 11 is 0. The molecule has 0 aromatic heterocycles. The van der Waals surface area contributed by atoms with Crippen LogP contribution in [0.25, 0.3) is 0 Å². The highest BCUT2D eigenvalue weighted by Gasteiger charge is 2.54. The topological polar surface area (TPSA) is 68.5 Å². The maximum atomic E-state index is 12.6. The number of fused-ring (bicyclic) bond motifs is 2. The average molecular weight is 328 g/mol. The Morgan fingerprint density at radius 3 is 2.79 bits per heavy atom. The van der Waals surface area contributed by atoms with Crippen LogP contribution in [0.2, 0.25) is 0 Å². The van der Waals surface area contributed by atoms with Crippen LogP contribution >= 0.6 is 0 Å². The molecule has 3 amide bonds. The molecule has 8 nitrogen and oxygen atoms in total. The van der Waals surface area contributed by atoms with Crippen molar-refractivity contribution in [3.05, 3.63) is 24.3 Å². The minimum atomic E-state index is -0.525. The lowest BCUT2D eigenvalue weighted by Gasteiger charge is -2.31. The third kappa shape index (κ3) is 1.85. The summed E-state index contributed by atoms with van der Waals surface area (Å²) in [6.45, 7) is 1.40. The van der Waals surface area contributed by atoms with E-state index in [9.17, 15) is 9.59 Å². The number of rotatable bonds is 2. The van der Waals surface area contributed by atoms with Crippen LogP contribution in [0.3, 0.4) is 0 Å². The van der Waals surface area contributed by atoms with E-state index >= 15 is 0 Å². The number of nitrogens with zero attached hydrogens (tertiary/aromatic N) is 5. The van der Waals surface area contributed by atoms with E-state index in [1.165, 1.54) is 11.9 Å². The fourth-order valence-corrected chi connectivity index (χ4v) is 3.36. The van der Waals surface area contributed by atoms with Crippen LogP contribution in [-0.4, -0.2) is 78.4 Å². The summed E-state index contributed by atoms with van der Waals surface area (Å²) in [6.07, 6.45) is 0. The Kier molecular flexibility index (Phi) is 3.09. The molecular weight excluding hydrogens is 310 g/mol. The van der Waals surface area contributed by atoms with E-state index in [1.807, 2.05) is 33.7 Å². The Morgan fingerprint density at radius 2 is 2.04 bits per heavy atom. The van der Waals surface area contributed by atoms with Gasteiger partial charge in [0.2, 0.25) is 11.9 Å². The molecule has 3 aliphatic rings. The van der Waals surface area contributed by atoms with Crippen molar-refractivity contribution in [3.63, 3.8) is 0 Å². The minimum absolute atomic E-state index is 0.237. The normalized spacial score (nSPS) is 22.9. The highest BCUT2D eigenvalue weighted by molar-refractivity contribution is 6.24. The third-order valence-electron chi connectivity index (χ3n) is 4.68. The number of carbonyl (C=O) groups excluding carboxylic acids is 2. The number of amidine groups is 1. The predicted molar refractivity (Wildman–Crippen MR) is 87.6 cm³/mol. The lowest BCUT2D eigenvalue weighted by molar-refractivity contribution is -0.525. The van der Waals surface area contributed by atoms with Gasteiger partial charge in [-0.05, 0) is 12.1 Å². The molecule has 1 fully saturated rings. The molecular formula is C16H18N5O3+. The number of likely N-dealkylation sites (N-methyl/N-ethyl adjacent to an activating group) is 2. The van der Waals surface area contributed by atoms with Gasteiger partial charge in [-0.3, -0.25) is 14.6 Å². The van der Waals surface area contributed by atoms with Gasteiger partial charge < -0.3 is 4.74 Å². The summed E-state index contributed by atoms with van der Waals surface area (Å²) in [6, 6.07) is 6.83. The smallest absolute Gasteiger partial charge is 0.397 e. The van der Waals surface area contributed by atoms with Crippen LogP contribution in [0.15, 0.2) is 29.3 Å². The van der Waals surface area contributed by atoms with Crippen molar-refractivity contribution in [3.8, 4) is 5.75 Å². The van der Waals surface area contributed by atoms with E-state index in [0.717, 1.165) is 22.9 Å². The zero-order chi connectivity index (χ0) is 17.0. The van der Waals surface area contributed by atoms with Crippen molar-refractivity contribution in [1.82, 2.24) is 9.80 Å². The van der Waals surface area contributed by atoms with E-state index in [0.29, 0.717) is 18.3 Å². The fraction of sp³-hybridized carbons (Fsp3) is 0.375. The van der Waals surface area contributed by atoms with Crippen LogP contribution in [0.5, 0.6) is 5.75 Å². The second-order valence-corrected chi connectivity index (χ2v) is 5.96. The molecule has 1 atom stereocenters. The Morgan fingerprint density at radius 1 is 1.25 bits per heavy atom. The minimum Gasteiger partial charge on any atom is -0.497 e. The third-order valence-corrected chi connectivity index (χ3v) is 4.68. The van der Waals surface area contributed by atoms with Gasteiger partial charge in [-0.2, -0.15) is 0 Å². The monoisotopic (exact) mass is 328 g/mol. The van der Waals surface area contributed by atoms with E-state index < -0.39 is 6.04 Å². The molecule has 3 heterocycles. The van der Waals surface area contributed by atoms with Crippen molar-refractivity contribution < 1.29 is 18.9 Å². The summed E-state index contributed by atoms with van der Waals surface area (Å²) in [7, 11) is 4.78. The van der Waals surface area contributed by atoms with Crippen LogP contribution in [0, 0.1) is 0 Å². The number of benzene rings is 1. The molecule has 1 aromatic rings. The molecule has 0 saturated carbocycles. The van der Waals surface area contributed by atoms with E-state index in [2.05, 4.69) is 4.99 Å². The fourth-order valence-electron chi connectivity index (χ4n) is 3.36. The molecule has 8 heteroatoms. The van der Waals surface area contributed by atoms with Crippen molar-refractivity contribution >= 4 is 29.4 Å². The molecule has 1 unspecified atom stereocenters. The van der Waals surface area contributed by atoms with Crippen LogP contribution in [-0.2, 0) is 4.79 Å². The Balaban J connectivity index is 1.75. The molecule has 3 aliphatic heterocycles. The predicted octanol–water partition coefficient (Wildman–Crippen LogP) is 0.188. The number of methoxy groups -OCH3 is 1. The van der Waals surface area contributed by atoms with Gasteiger partial charge in [-0.15, -0.1) is 0 Å². The van der Waals surface area contributed by atoms with Gasteiger partial charge in [0, 0.05) is 20.2 Å². The van der Waals surface area contributed by atoms with Gasteiger partial charge in [0.1, 0.15) is 18.0 Å². The standard InChI is InChI=1S/C16H18N5O3/c1-18-13-12(14(22)19(2)16(18)23)21-8-7-20(15(21)17-13)10-5-4-6-11(9-10)24-3/h4-6,9,12H,7-8H2,1-3H3/q+1. The SMILES string of the molecule is COc1cccc(N2CC[N+]3=C2N=C2C3C(=O)N(C)C(=O)N2C)c1. The van der Waals surface area contributed by atoms with Gasteiger partial charge in [-0.1, -0.05) is 11.1 Å². The molecule has 0 bridgehead atoms. The lowest BCUT2D eigenvalue weighted by atomic mass is 10.1. The molecule has 1 saturated heterocycles. The molecule has 0 N–H and O–H groups in total. The van der Waals surface area contributed by atoms with E-state index in [4.69, 9.17) is 4.74 Å². The number of hydrogen-bond acceptors (Lipinski definition) is 5. The zero-order valence-electron chi connectivity index (χ0n) is 13.8. The highest BCUT2D eigenvalue weighted by Crippen LogP contribution is 2.28. The van der Waals surface area contributed by atoms with Gasteiger partial charge in [-0.25, -0.2) is 14.3 Å². The second kappa shape index (κ2) is 5.05. The highest BCUT2D eigenvalue weighted by atomic mass is 16.5. The van der Waals surface area contributed by atoms with Crippen molar-refractivity contribution in [2.24, 2.45) is 4.99 Å². The molecule has 4 rings (SSSR count). The van der Waals surface area contributed by atoms with Crippen molar-refractivity contribution in [1.29, 1.82) is 0 Å². The van der Waals surface area contributed by atoms with Crippen LogP contribution in [0.1, 0.15) is 0 Å². The number of hydrogen-bond donors (Lipinski definition) is 0. The van der Waals surface area contributed by atoms with Gasteiger partial charge >= 0.3 is 12.0 Å². The summed E-state index contributed by atoms with van der Waals surface area (Å²) in [5.41, 5.74) is 0.949. The average Bonchev–Trinajstić information content (AvgIpc) is 3.17.